The fourth-order valence-electron chi connectivity index (χ4n) is 2.38. The molecule has 0 atom stereocenters. The summed E-state index contributed by atoms with van der Waals surface area (Å²) < 4.78 is 28.2. The van der Waals surface area contributed by atoms with E-state index in [9.17, 15) is 18.0 Å². The topological polar surface area (TPSA) is 123 Å². The molecule has 1 amide bonds. The van der Waals surface area contributed by atoms with E-state index in [0.717, 1.165) is 0 Å². The Balaban J connectivity index is 1.68. The number of nitrogens with zero attached hydrogens (tertiary/aromatic N) is 3. The Morgan fingerprint density at radius 1 is 1.07 bits per heavy atom. The number of hydrogen-bond donors (Lipinski definition) is 2. The van der Waals surface area contributed by atoms with Gasteiger partial charge in [-0.1, -0.05) is 6.07 Å². The Labute approximate surface area is 161 Å². The molecule has 0 aliphatic heterocycles. The van der Waals surface area contributed by atoms with Crippen molar-refractivity contribution in [2.45, 2.75) is 18.4 Å². The first-order valence-electron chi connectivity index (χ1n) is 8.21. The first-order chi connectivity index (χ1) is 13.3. The Kier molecular flexibility index (Phi) is 5.50. The zero-order valence-corrected chi connectivity index (χ0v) is 15.7. The first kappa shape index (κ1) is 19.2. The molecule has 2 aromatic heterocycles. The molecular weight excluding hydrogens is 382 g/mol. The molecule has 0 unspecified atom stereocenters. The molecule has 3 aromatic rings. The summed E-state index contributed by atoms with van der Waals surface area (Å²) in [6, 6.07) is 10.5. The summed E-state index contributed by atoms with van der Waals surface area (Å²) in [5.74, 6) is -0.442. The van der Waals surface area contributed by atoms with Crippen LogP contribution in [0.15, 0.2) is 70.7 Å². The van der Waals surface area contributed by atoms with Gasteiger partial charge in [-0.3, -0.25) is 9.59 Å². The molecule has 9 nitrogen and oxygen atoms in total. The van der Waals surface area contributed by atoms with Gasteiger partial charge in [-0.25, -0.2) is 23.1 Å². The normalized spacial score (nSPS) is 11.0. The molecule has 0 fully saturated rings. The average molecular weight is 399 g/mol. The third kappa shape index (κ3) is 4.60. The van der Waals surface area contributed by atoms with E-state index in [1.807, 2.05) is 0 Å². The van der Waals surface area contributed by atoms with Gasteiger partial charge in [0.25, 0.3) is 15.6 Å². The van der Waals surface area contributed by atoms with E-state index in [-0.39, 0.29) is 22.9 Å². The number of nitrogens with one attached hydrogen (secondary N) is 2. The van der Waals surface area contributed by atoms with Crippen LogP contribution in [-0.2, 0) is 21.4 Å². The second-order valence-electron chi connectivity index (χ2n) is 5.87. The van der Waals surface area contributed by atoms with Crippen molar-refractivity contribution in [1.82, 2.24) is 14.5 Å². The number of pyridine rings is 1. The van der Waals surface area contributed by atoms with Crippen LogP contribution < -0.4 is 15.6 Å². The number of hydrogen-bond acceptors (Lipinski definition) is 6. The number of benzene rings is 1. The highest BCUT2D eigenvalue weighted by Gasteiger charge is 2.15. The summed E-state index contributed by atoms with van der Waals surface area (Å²) in [5, 5.41) is 2.63. The number of sulfonamides is 1. The fourth-order valence-corrected chi connectivity index (χ4v) is 3.34. The lowest BCUT2D eigenvalue weighted by molar-refractivity contribution is -0.116. The van der Waals surface area contributed by atoms with Crippen LogP contribution in [0.25, 0.3) is 0 Å². The minimum absolute atomic E-state index is 0.00662. The minimum Gasteiger partial charge on any atom is -0.325 e. The monoisotopic (exact) mass is 399 g/mol. The zero-order chi connectivity index (χ0) is 20.1. The van der Waals surface area contributed by atoms with Gasteiger partial charge in [-0.15, -0.1) is 0 Å². The summed E-state index contributed by atoms with van der Waals surface area (Å²) in [6.07, 6.45) is 4.37. The van der Waals surface area contributed by atoms with Crippen molar-refractivity contribution in [3.05, 3.63) is 77.0 Å². The lowest BCUT2D eigenvalue weighted by atomic mass is 10.3. The second kappa shape index (κ2) is 8.01. The van der Waals surface area contributed by atoms with Gasteiger partial charge >= 0.3 is 0 Å². The van der Waals surface area contributed by atoms with Crippen molar-refractivity contribution >= 4 is 27.6 Å². The SMILES string of the molecule is Cc1cccn(CC(=O)Nc2ccc(S(=O)(=O)Nc3ncccn3)cc2)c1=O. The number of carbonyl (C=O) groups is 1. The third-order valence-corrected chi connectivity index (χ3v) is 5.11. The van der Waals surface area contributed by atoms with Gasteiger partial charge < -0.3 is 9.88 Å². The van der Waals surface area contributed by atoms with Crippen molar-refractivity contribution in [2.24, 2.45) is 0 Å². The smallest absolute Gasteiger partial charge is 0.264 e. The van der Waals surface area contributed by atoms with Crippen molar-refractivity contribution in [3.8, 4) is 0 Å². The zero-order valence-electron chi connectivity index (χ0n) is 14.9. The molecule has 3 rings (SSSR count). The van der Waals surface area contributed by atoms with Gasteiger partial charge in [0.15, 0.2) is 0 Å². The Bertz CT molecular complexity index is 1140. The van der Waals surface area contributed by atoms with E-state index in [1.54, 1.807) is 25.1 Å². The minimum atomic E-state index is -3.85. The van der Waals surface area contributed by atoms with Crippen LogP contribution in [0.4, 0.5) is 11.6 Å². The lowest BCUT2D eigenvalue weighted by Crippen LogP contribution is -2.28. The summed E-state index contributed by atoms with van der Waals surface area (Å²) in [5.41, 5.74) is 0.702. The molecule has 0 bridgehead atoms. The van der Waals surface area contributed by atoms with E-state index in [2.05, 4.69) is 20.0 Å². The van der Waals surface area contributed by atoms with Crippen molar-refractivity contribution in [2.75, 3.05) is 10.0 Å². The highest BCUT2D eigenvalue weighted by atomic mass is 32.2. The van der Waals surface area contributed by atoms with Crippen molar-refractivity contribution in [3.63, 3.8) is 0 Å². The van der Waals surface area contributed by atoms with Gasteiger partial charge in [0.2, 0.25) is 11.9 Å². The number of amides is 1. The van der Waals surface area contributed by atoms with E-state index in [0.29, 0.717) is 11.3 Å². The van der Waals surface area contributed by atoms with Gasteiger partial charge in [0, 0.05) is 29.8 Å². The van der Waals surface area contributed by atoms with Crippen LogP contribution in [0.3, 0.4) is 0 Å². The molecule has 144 valence electrons. The summed E-state index contributed by atoms with van der Waals surface area (Å²) in [4.78, 5) is 31.7. The molecule has 2 heterocycles. The average Bonchev–Trinajstić information content (AvgIpc) is 2.66. The summed E-state index contributed by atoms with van der Waals surface area (Å²) >= 11 is 0. The Hall–Kier alpha value is -3.53. The van der Waals surface area contributed by atoms with Crippen LogP contribution in [0.2, 0.25) is 0 Å². The highest BCUT2D eigenvalue weighted by molar-refractivity contribution is 7.92. The fraction of sp³-hybridized carbons (Fsp3) is 0.111. The van der Waals surface area contributed by atoms with Crippen LogP contribution in [0.1, 0.15) is 5.56 Å². The second-order valence-corrected chi connectivity index (χ2v) is 7.56. The molecule has 0 aliphatic rings. The molecule has 0 saturated carbocycles. The first-order valence-corrected chi connectivity index (χ1v) is 9.69. The van der Waals surface area contributed by atoms with E-state index in [4.69, 9.17) is 0 Å². The Morgan fingerprint density at radius 2 is 1.75 bits per heavy atom. The summed E-state index contributed by atoms with van der Waals surface area (Å²) in [7, 11) is -3.85. The number of aryl methyl sites for hydroxylation is 1. The molecule has 0 aliphatic carbocycles. The maximum absolute atomic E-state index is 12.3. The van der Waals surface area contributed by atoms with Gasteiger partial charge in [-0.2, -0.15) is 0 Å². The molecule has 0 spiro atoms. The lowest BCUT2D eigenvalue weighted by Gasteiger charge is -2.09. The molecular formula is C18H17N5O4S. The standard InChI is InChI=1S/C18H17N5O4S/c1-13-4-2-11-23(17(13)25)12-16(24)21-14-5-7-15(8-6-14)28(26,27)22-18-19-9-3-10-20-18/h2-11H,12H2,1H3,(H,21,24)(H,19,20,22). The number of rotatable bonds is 6. The molecule has 0 saturated heterocycles. The van der Waals surface area contributed by atoms with Gasteiger partial charge in [0.05, 0.1) is 4.90 Å². The van der Waals surface area contributed by atoms with E-state index < -0.39 is 15.9 Å². The maximum Gasteiger partial charge on any atom is 0.264 e. The largest absolute Gasteiger partial charge is 0.325 e. The predicted octanol–water partition coefficient (Wildman–Crippen LogP) is 1.39. The molecule has 10 heteroatoms. The molecule has 2 N–H and O–H groups in total. The predicted molar refractivity (Wildman–Crippen MR) is 103 cm³/mol. The third-order valence-electron chi connectivity index (χ3n) is 3.76. The number of anilines is 2. The summed E-state index contributed by atoms with van der Waals surface area (Å²) in [6.45, 7) is 1.53. The highest BCUT2D eigenvalue weighted by Crippen LogP contribution is 2.16. The Morgan fingerprint density at radius 3 is 2.43 bits per heavy atom. The molecule has 28 heavy (non-hydrogen) atoms. The van der Waals surface area contributed by atoms with Gasteiger partial charge in [0.1, 0.15) is 6.54 Å². The number of aromatic nitrogens is 3. The number of carbonyl (C=O) groups excluding carboxylic acids is 1. The van der Waals surface area contributed by atoms with Gasteiger partial charge in [-0.05, 0) is 43.3 Å². The molecule has 1 aromatic carbocycles. The van der Waals surface area contributed by atoms with Crippen molar-refractivity contribution < 1.29 is 13.2 Å². The van der Waals surface area contributed by atoms with Crippen LogP contribution in [0.5, 0.6) is 0 Å². The van der Waals surface area contributed by atoms with Crippen LogP contribution >= 0.6 is 0 Å². The van der Waals surface area contributed by atoms with Crippen molar-refractivity contribution in [1.29, 1.82) is 0 Å². The maximum atomic E-state index is 12.3. The van der Waals surface area contributed by atoms with Crippen LogP contribution in [0, 0.1) is 6.92 Å². The molecule has 0 radical (unpaired) electrons. The quantitative estimate of drug-likeness (QED) is 0.646. The van der Waals surface area contributed by atoms with E-state index in [1.165, 1.54) is 47.4 Å². The van der Waals surface area contributed by atoms with Crippen LogP contribution in [-0.4, -0.2) is 28.9 Å². The van der Waals surface area contributed by atoms with E-state index >= 15 is 0 Å².